The lowest BCUT2D eigenvalue weighted by atomic mass is 9.95. The largest absolute Gasteiger partial charge is 0.370 e. The van der Waals surface area contributed by atoms with E-state index in [-0.39, 0.29) is 16.7 Å². The first-order valence-electron chi connectivity index (χ1n) is 7.32. The van der Waals surface area contributed by atoms with Crippen molar-refractivity contribution in [1.82, 2.24) is 4.98 Å². The van der Waals surface area contributed by atoms with E-state index >= 15 is 0 Å². The second-order valence-corrected chi connectivity index (χ2v) is 6.34. The third kappa shape index (κ3) is 4.23. The lowest BCUT2D eigenvalue weighted by Gasteiger charge is -2.28. The molecule has 0 atom stereocenters. The molecule has 1 heterocycles. The Morgan fingerprint density at radius 1 is 1.38 bits per heavy atom. The van der Waals surface area contributed by atoms with E-state index < -0.39 is 0 Å². The van der Waals surface area contributed by atoms with Gasteiger partial charge in [0.15, 0.2) is 0 Å². The molecule has 0 unspecified atom stereocenters. The van der Waals surface area contributed by atoms with Crippen LogP contribution in [0, 0.1) is 10.1 Å². The predicted molar refractivity (Wildman–Crippen MR) is 88.2 cm³/mol. The van der Waals surface area contributed by atoms with Gasteiger partial charge in [0.1, 0.15) is 5.82 Å². The molecule has 0 radical (unpaired) electrons. The molecule has 1 aromatic rings. The van der Waals surface area contributed by atoms with E-state index in [0.29, 0.717) is 11.6 Å². The van der Waals surface area contributed by atoms with Crippen molar-refractivity contribution in [3.8, 4) is 0 Å². The molecular weight excluding hydrogens is 288 g/mol. The van der Waals surface area contributed by atoms with Crippen LogP contribution in [0.4, 0.5) is 17.3 Å². The van der Waals surface area contributed by atoms with Crippen molar-refractivity contribution in [1.29, 1.82) is 0 Å². The number of thioether (sulfide) groups is 1. The average Bonchev–Trinajstić information content (AvgIpc) is 2.48. The Hall–Kier alpha value is -1.50. The molecule has 0 bridgehead atoms. The Kier molecular flexibility index (Phi) is 5.67. The van der Waals surface area contributed by atoms with E-state index in [4.69, 9.17) is 0 Å². The molecule has 0 spiro atoms. The molecule has 1 aromatic heterocycles. The summed E-state index contributed by atoms with van der Waals surface area (Å²) in [6, 6.07) is 3.44. The van der Waals surface area contributed by atoms with Gasteiger partial charge in [0, 0.05) is 23.9 Å². The molecule has 6 nitrogen and oxygen atoms in total. The van der Waals surface area contributed by atoms with E-state index in [9.17, 15) is 10.1 Å². The third-order valence-corrected chi connectivity index (χ3v) is 4.91. The van der Waals surface area contributed by atoms with Gasteiger partial charge in [-0.2, -0.15) is 11.8 Å². The molecule has 2 N–H and O–H groups in total. The highest BCUT2D eigenvalue weighted by Crippen LogP contribution is 2.31. The van der Waals surface area contributed by atoms with Gasteiger partial charge in [0.25, 0.3) is 0 Å². The molecule has 0 amide bonds. The summed E-state index contributed by atoms with van der Waals surface area (Å²) in [7, 11) is 0. The van der Waals surface area contributed by atoms with E-state index in [2.05, 4.69) is 21.9 Å². The van der Waals surface area contributed by atoms with Crippen molar-refractivity contribution in [2.24, 2.45) is 0 Å². The van der Waals surface area contributed by atoms with Gasteiger partial charge >= 0.3 is 5.69 Å². The van der Waals surface area contributed by atoms with Gasteiger partial charge in [-0.3, -0.25) is 10.1 Å². The minimum atomic E-state index is -0.376. The van der Waals surface area contributed by atoms with Crippen molar-refractivity contribution in [3.05, 3.63) is 22.2 Å². The molecule has 7 heteroatoms. The standard InChI is InChI=1S/C14H22N4O2S/c1-3-15-13-9-8-12(18(19)20)14(17-13)16-10-4-6-11(21-2)7-5-10/h8-11H,3-7H2,1-2H3,(H2,15,16,17). The molecule has 116 valence electrons. The second-order valence-electron chi connectivity index (χ2n) is 5.21. The van der Waals surface area contributed by atoms with Gasteiger partial charge in [0.05, 0.1) is 4.92 Å². The summed E-state index contributed by atoms with van der Waals surface area (Å²) < 4.78 is 0. The Morgan fingerprint density at radius 2 is 2.10 bits per heavy atom. The van der Waals surface area contributed by atoms with Crippen LogP contribution in [-0.4, -0.2) is 34.0 Å². The lowest BCUT2D eigenvalue weighted by molar-refractivity contribution is -0.384. The summed E-state index contributed by atoms with van der Waals surface area (Å²) in [5.74, 6) is 1.05. The molecule has 21 heavy (non-hydrogen) atoms. The highest BCUT2D eigenvalue weighted by Gasteiger charge is 2.24. The van der Waals surface area contributed by atoms with Crippen LogP contribution in [0.2, 0.25) is 0 Å². The summed E-state index contributed by atoms with van der Waals surface area (Å²) in [6.07, 6.45) is 6.52. The fourth-order valence-corrected chi connectivity index (χ4v) is 3.36. The van der Waals surface area contributed by atoms with E-state index in [1.54, 1.807) is 6.07 Å². The molecule has 2 rings (SSSR count). The summed E-state index contributed by atoms with van der Waals surface area (Å²) in [5.41, 5.74) is 0.0450. The maximum Gasteiger partial charge on any atom is 0.311 e. The fourth-order valence-electron chi connectivity index (χ4n) is 2.62. The van der Waals surface area contributed by atoms with Gasteiger partial charge in [-0.05, 0) is 44.9 Å². The average molecular weight is 310 g/mol. The monoisotopic (exact) mass is 310 g/mol. The quantitative estimate of drug-likeness (QED) is 0.618. The zero-order valence-electron chi connectivity index (χ0n) is 12.5. The number of hydrogen-bond donors (Lipinski definition) is 2. The normalized spacial score (nSPS) is 21.8. The first-order chi connectivity index (χ1) is 10.1. The Labute approximate surface area is 129 Å². The fraction of sp³-hybridized carbons (Fsp3) is 0.643. The number of pyridine rings is 1. The van der Waals surface area contributed by atoms with E-state index in [1.165, 1.54) is 6.07 Å². The van der Waals surface area contributed by atoms with Crippen molar-refractivity contribution in [2.45, 2.75) is 43.9 Å². The summed E-state index contributed by atoms with van der Waals surface area (Å²) in [5, 5.41) is 18.2. The van der Waals surface area contributed by atoms with Crippen molar-refractivity contribution in [3.63, 3.8) is 0 Å². The van der Waals surface area contributed by atoms with Crippen molar-refractivity contribution in [2.75, 3.05) is 23.4 Å². The van der Waals surface area contributed by atoms with Gasteiger partial charge in [-0.15, -0.1) is 0 Å². The Morgan fingerprint density at radius 3 is 2.67 bits per heavy atom. The zero-order chi connectivity index (χ0) is 15.2. The molecule has 0 aromatic carbocycles. The molecule has 0 saturated heterocycles. The van der Waals surface area contributed by atoms with Crippen LogP contribution in [0.15, 0.2) is 12.1 Å². The van der Waals surface area contributed by atoms with Crippen LogP contribution >= 0.6 is 11.8 Å². The number of nitrogens with one attached hydrogen (secondary N) is 2. The minimum absolute atomic E-state index is 0.0450. The summed E-state index contributed by atoms with van der Waals surface area (Å²) in [4.78, 5) is 15.1. The maximum absolute atomic E-state index is 11.1. The van der Waals surface area contributed by atoms with Crippen LogP contribution in [0.3, 0.4) is 0 Å². The first kappa shape index (κ1) is 15.9. The molecule has 1 fully saturated rings. The second kappa shape index (κ2) is 7.49. The molecule has 1 aliphatic rings. The smallest absolute Gasteiger partial charge is 0.311 e. The number of aromatic nitrogens is 1. The van der Waals surface area contributed by atoms with Crippen LogP contribution in [-0.2, 0) is 0 Å². The SMILES string of the molecule is CCNc1ccc([N+](=O)[O-])c(NC2CCC(SC)CC2)n1. The zero-order valence-corrected chi connectivity index (χ0v) is 13.3. The van der Waals surface area contributed by atoms with Crippen LogP contribution in [0.5, 0.6) is 0 Å². The summed E-state index contributed by atoms with van der Waals surface area (Å²) in [6.45, 7) is 2.71. The van der Waals surface area contributed by atoms with Crippen molar-refractivity contribution < 1.29 is 4.92 Å². The maximum atomic E-state index is 11.1. The highest BCUT2D eigenvalue weighted by molar-refractivity contribution is 7.99. The van der Waals surface area contributed by atoms with Crippen LogP contribution in [0.25, 0.3) is 0 Å². The van der Waals surface area contributed by atoms with Crippen molar-refractivity contribution >= 4 is 29.1 Å². The molecule has 1 aliphatic carbocycles. The van der Waals surface area contributed by atoms with Gasteiger partial charge in [-0.25, -0.2) is 4.98 Å². The predicted octanol–water partition coefficient (Wildman–Crippen LogP) is 3.51. The van der Waals surface area contributed by atoms with E-state index in [0.717, 1.165) is 37.5 Å². The molecule has 0 aliphatic heterocycles. The van der Waals surface area contributed by atoms with E-state index in [1.807, 2.05) is 18.7 Å². The minimum Gasteiger partial charge on any atom is -0.370 e. The number of nitro groups is 1. The number of anilines is 2. The van der Waals surface area contributed by atoms with Crippen LogP contribution in [0.1, 0.15) is 32.6 Å². The third-order valence-electron chi connectivity index (χ3n) is 3.78. The molecule has 1 saturated carbocycles. The number of hydrogen-bond acceptors (Lipinski definition) is 6. The number of nitrogens with zero attached hydrogens (tertiary/aromatic N) is 2. The topological polar surface area (TPSA) is 80.1 Å². The lowest BCUT2D eigenvalue weighted by Crippen LogP contribution is -2.27. The van der Waals surface area contributed by atoms with Crippen LogP contribution < -0.4 is 10.6 Å². The Bertz CT molecular complexity index is 490. The highest BCUT2D eigenvalue weighted by atomic mass is 32.2. The summed E-state index contributed by atoms with van der Waals surface area (Å²) >= 11 is 1.91. The van der Waals surface area contributed by atoms with Gasteiger partial charge in [0.2, 0.25) is 5.82 Å². The van der Waals surface area contributed by atoms with Gasteiger partial charge < -0.3 is 10.6 Å². The Balaban J connectivity index is 2.10. The first-order valence-corrected chi connectivity index (χ1v) is 8.61. The number of rotatable bonds is 6. The van der Waals surface area contributed by atoms with Gasteiger partial charge in [-0.1, -0.05) is 0 Å². The molecular formula is C14H22N4O2S.